The van der Waals surface area contributed by atoms with Crippen LogP contribution in [-0.2, 0) is 33.7 Å². The molecule has 2 heterocycles. The number of amides is 2. The molecule has 0 radical (unpaired) electrons. The summed E-state index contributed by atoms with van der Waals surface area (Å²) in [5, 5.41) is 0.588. The molecular formula is C28H33ClN2O7S. The smallest absolute Gasteiger partial charge is 0.245 e. The molecule has 2 amide bonds. The van der Waals surface area contributed by atoms with E-state index in [0.29, 0.717) is 35.1 Å². The van der Waals surface area contributed by atoms with E-state index in [1.807, 2.05) is 0 Å². The highest BCUT2D eigenvalue weighted by molar-refractivity contribution is 7.92. The Labute approximate surface area is 233 Å². The molecule has 0 spiro atoms. The molecule has 11 heteroatoms. The number of hydrogen-bond acceptors (Lipinski definition) is 7. The van der Waals surface area contributed by atoms with E-state index in [-0.39, 0.29) is 43.5 Å². The highest BCUT2D eigenvalue weighted by Gasteiger charge is 2.49. The van der Waals surface area contributed by atoms with Gasteiger partial charge >= 0.3 is 0 Å². The van der Waals surface area contributed by atoms with Crippen LogP contribution in [0.5, 0.6) is 11.5 Å². The SMILES string of the molecule is O=C(C[C@]1(c2ccc(Oc3ccc(Cl)cc3)cc2)CCN(C(=O)C2CC2)CCS1(=O)=O)NOC1CCCCO1. The Bertz CT molecular complexity index is 1280. The molecule has 3 fully saturated rings. The molecule has 2 aromatic carbocycles. The predicted molar refractivity (Wildman–Crippen MR) is 145 cm³/mol. The summed E-state index contributed by atoms with van der Waals surface area (Å²) in [5.74, 6) is 0.284. The van der Waals surface area contributed by atoms with E-state index in [1.54, 1.807) is 53.4 Å². The van der Waals surface area contributed by atoms with Crippen molar-refractivity contribution >= 4 is 33.3 Å². The Morgan fingerprint density at radius 3 is 2.33 bits per heavy atom. The van der Waals surface area contributed by atoms with Gasteiger partial charge in [-0.2, -0.15) is 0 Å². The van der Waals surface area contributed by atoms with Crippen molar-refractivity contribution in [3.05, 3.63) is 59.1 Å². The molecule has 39 heavy (non-hydrogen) atoms. The van der Waals surface area contributed by atoms with Crippen molar-refractivity contribution in [1.29, 1.82) is 0 Å². The van der Waals surface area contributed by atoms with Crippen LogP contribution in [0.3, 0.4) is 0 Å². The van der Waals surface area contributed by atoms with Gasteiger partial charge in [0.05, 0.1) is 12.2 Å². The lowest BCUT2D eigenvalue weighted by atomic mass is 9.90. The molecular weight excluding hydrogens is 544 g/mol. The third-order valence-corrected chi connectivity index (χ3v) is 10.3. The average molecular weight is 577 g/mol. The summed E-state index contributed by atoms with van der Waals surface area (Å²) in [6.07, 6.45) is 3.38. The fourth-order valence-corrected chi connectivity index (χ4v) is 7.36. The zero-order valence-electron chi connectivity index (χ0n) is 21.6. The number of benzene rings is 2. The summed E-state index contributed by atoms with van der Waals surface area (Å²) in [5.41, 5.74) is 2.89. The third-order valence-electron chi connectivity index (χ3n) is 7.57. The monoisotopic (exact) mass is 576 g/mol. The second-order valence-electron chi connectivity index (χ2n) is 10.4. The third kappa shape index (κ3) is 6.57. The highest BCUT2D eigenvalue weighted by atomic mass is 35.5. The summed E-state index contributed by atoms with van der Waals surface area (Å²) in [6, 6.07) is 13.6. The fraction of sp³-hybridized carbons (Fsp3) is 0.500. The largest absolute Gasteiger partial charge is 0.457 e. The zero-order chi connectivity index (χ0) is 27.5. The van der Waals surface area contributed by atoms with Crippen LogP contribution < -0.4 is 10.2 Å². The van der Waals surface area contributed by atoms with Gasteiger partial charge in [-0.15, -0.1) is 0 Å². The number of sulfone groups is 1. The van der Waals surface area contributed by atoms with Gasteiger partial charge in [0.25, 0.3) is 0 Å². The molecule has 2 atom stereocenters. The number of nitrogens with zero attached hydrogens (tertiary/aromatic N) is 1. The summed E-state index contributed by atoms with van der Waals surface area (Å²) in [7, 11) is -3.86. The van der Waals surface area contributed by atoms with Crippen LogP contribution in [0.15, 0.2) is 48.5 Å². The van der Waals surface area contributed by atoms with Gasteiger partial charge < -0.3 is 14.4 Å². The Morgan fingerprint density at radius 2 is 1.69 bits per heavy atom. The number of hydroxylamine groups is 1. The molecule has 1 unspecified atom stereocenters. The van der Waals surface area contributed by atoms with Gasteiger partial charge in [0.2, 0.25) is 11.8 Å². The van der Waals surface area contributed by atoms with E-state index in [9.17, 15) is 18.0 Å². The molecule has 2 aliphatic heterocycles. The lowest BCUT2D eigenvalue weighted by molar-refractivity contribution is -0.200. The van der Waals surface area contributed by atoms with Gasteiger partial charge in [-0.3, -0.25) is 9.59 Å². The van der Waals surface area contributed by atoms with Crippen molar-refractivity contribution in [2.45, 2.75) is 56.0 Å². The number of halogens is 1. The summed E-state index contributed by atoms with van der Waals surface area (Å²) in [4.78, 5) is 33.0. The van der Waals surface area contributed by atoms with Gasteiger partial charge in [0, 0.05) is 37.1 Å². The minimum Gasteiger partial charge on any atom is -0.457 e. The lowest BCUT2D eigenvalue weighted by Gasteiger charge is -2.32. The Balaban J connectivity index is 1.39. The second kappa shape index (κ2) is 11.8. The molecule has 2 aromatic rings. The Kier molecular flexibility index (Phi) is 8.46. The molecule has 210 valence electrons. The molecule has 0 bridgehead atoms. The van der Waals surface area contributed by atoms with E-state index in [1.165, 1.54) is 0 Å². The predicted octanol–water partition coefficient (Wildman–Crippen LogP) is 4.35. The first-order chi connectivity index (χ1) is 18.8. The van der Waals surface area contributed by atoms with Gasteiger partial charge in [-0.1, -0.05) is 23.7 Å². The first-order valence-corrected chi connectivity index (χ1v) is 15.4. The number of ether oxygens (including phenoxy) is 2. The van der Waals surface area contributed by atoms with Crippen LogP contribution in [0.2, 0.25) is 5.02 Å². The average Bonchev–Trinajstić information content (AvgIpc) is 3.79. The summed E-state index contributed by atoms with van der Waals surface area (Å²) < 4.78 is 37.6. The maximum absolute atomic E-state index is 13.9. The van der Waals surface area contributed by atoms with Crippen molar-refractivity contribution in [2.75, 3.05) is 25.4 Å². The van der Waals surface area contributed by atoms with E-state index in [2.05, 4.69) is 5.48 Å². The van der Waals surface area contributed by atoms with Gasteiger partial charge in [0.1, 0.15) is 16.2 Å². The van der Waals surface area contributed by atoms with Crippen molar-refractivity contribution in [3.8, 4) is 11.5 Å². The number of carbonyl (C=O) groups excluding carboxylic acids is 2. The minimum atomic E-state index is -3.86. The quantitative estimate of drug-likeness (QED) is 0.465. The molecule has 3 aliphatic rings. The van der Waals surface area contributed by atoms with E-state index in [0.717, 1.165) is 25.7 Å². The van der Waals surface area contributed by atoms with Crippen LogP contribution in [0.4, 0.5) is 0 Å². The number of rotatable bonds is 8. The second-order valence-corrected chi connectivity index (χ2v) is 13.2. The number of nitrogens with one attached hydrogen (secondary N) is 1. The molecule has 5 rings (SSSR count). The number of carbonyl (C=O) groups is 2. The number of hydrogen-bond donors (Lipinski definition) is 1. The van der Waals surface area contributed by atoms with Gasteiger partial charge in [0.15, 0.2) is 16.1 Å². The van der Waals surface area contributed by atoms with Crippen molar-refractivity contribution < 1.29 is 32.3 Å². The standard InChI is InChI=1S/C28H33ClN2O7S/c29-22-8-12-24(13-9-22)37-23-10-6-21(7-11-23)28(19-25(32)30-38-26-3-1-2-17-36-26)14-15-31(16-18-39(28,34)35)27(33)20-4-5-20/h6-13,20,26H,1-5,14-19H2,(H,30,32)/t26?,28-/m0/s1. The Morgan fingerprint density at radius 1 is 1.00 bits per heavy atom. The molecule has 1 N–H and O–H groups in total. The molecule has 2 saturated heterocycles. The van der Waals surface area contributed by atoms with Gasteiger partial charge in [-0.05, 0) is 74.1 Å². The lowest BCUT2D eigenvalue weighted by Crippen LogP contribution is -2.43. The first-order valence-electron chi connectivity index (χ1n) is 13.4. The molecule has 1 aliphatic carbocycles. The van der Waals surface area contributed by atoms with E-state index >= 15 is 0 Å². The fourth-order valence-electron chi connectivity index (χ4n) is 5.14. The van der Waals surface area contributed by atoms with Crippen LogP contribution >= 0.6 is 11.6 Å². The van der Waals surface area contributed by atoms with E-state index in [4.69, 9.17) is 25.9 Å². The zero-order valence-corrected chi connectivity index (χ0v) is 23.2. The van der Waals surface area contributed by atoms with Crippen molar-refractivity contribution in [2.24, 2.45) is 5.92 Å². The van der Waals surface area contributed by atoms with Crippen LogP contribution in [0.25, 0.3) is 0 Å². The van der Waals surface area contributed by atoms with Crippen LogP contribution in [-0.4, -0.2) is 56.9 Å². The maximum Gasteiger partial charge on any atom is 0.245 e. The maximum atomic E-state index is 13.9. The normalized spacial score (nSPS) is 24.9. The molecule has 9 nitrogen and oxygen atoms in total. The highest BCUT2D eigenvalue weighted by Crippen LogP contribution is 2.42. The first kappa shape index (κ1) is 27.9. The molecule has 1 saturated carbocycles. The Hall–Kier alpha value is -2.66. The van der Waals surface area contributed by atoms with Crippen molar-refractivity contribution in [1.82, 2.24) is 10.4 Å². The van der Waals surface area contributed by atoms with Crippen LogP contribution in [0.1, 0.15) is 50.5 Å². The van der Waals surface area contributed by atoms with E-state index < -0.39 is 26.8 Å². The van der Waals surface area contributed by atoms with Gasteiger partial charge in [-0.25, -0.2) is 18.7 Å². The minimum absolute atomic E-state index is 0.00468. The molecule has 0 aromatic heterocycles. The van der Waals surface area contributed by atoms with Crippen LogP contribution in [0, 0.1) is 5.92 Å². The topological polar surface area (TPSA) is 111 Å². The summed E-state index contributed by atoms with van der Waals surface area (Å²) in [6.45, 7) is 0.914. The van der Waals surface area contributed by atoms with Crippen molar-refractivity contribution in [3.63, 3.8) is 0 Å². The summed E-state index contributed by atoms with van der Waals surface area (Å²) >= 11 is 5.95.